The fourth-order valence-corrected chi connectivity index (χ4v) is 4.68. The van der Waals surface area contributed by atoms with Gasteiger partial charge in [-0.3, -0.25) is 0 Å². The molecule has 0 aromatic heterocycles. The zero-order valence-electron chi connectivity index (χ0n) is 9.90. The van der Waals surface area contributed by atoms with Crippen molar-refractivity contribution in [3.05, 3.63) is 28.2 Å². The smallest absolute Gasteiger partial charge is 0.179 e. The van der Waals surface area contributed by atoms with Crippen LogP contribution in [0.15, 0.2) is 27.6 Å². The van der Waals surface area contributed by atoms with Gasteiger partial charge < -0.3 is 5.32 Å². The van der Waals surface area contributed by atoms with Gasteiger partial charge >= 0.3 is 0 Å². The van der Waals surface area contributed by atoms with E-state index in [4.69, 9.17) is 0 Å². The van der Waals surface area contributed by atoms with Crippen LogP contribution in [0.2, 0.25) is 0 Å². The first kappa shape index (κ1) is 13.1. The predicted molar refractivity (Wildman–Crippen MR) is 71.8 cm³/mol. The van der Waals surface area contributed by atoms with Gasteiger partial charge in [-0.1, -0.05) is 29.8 Å². The van der Waals surface area contributed by atoms with E-state index in [0.29, 0.717) is 4.90 Å². The fraction of sp³-hybridized carbons (Fsp3) is 0.500. The predicted octanol–water partition coefficient (Wildman–Crippen LogP) is 2.52. The molecule has 0 aliphatic carbocycles. The molecule has 17 heavy (non-hydrogen) atoms. The van der Waals surface area contributed by atoms with Crippen LogP contribution in [0, 0.1) is 5.92 Å². The van der Waals surface area contributed by atoms with Gasteiger partial charge in [-0.05, 0) is 36.2 Å². The number of hydrogen-bond acceptors (Lipinski definition) is 3. The SMILES string of the molecule is CCNC1c2cc(Br)ccc2S(=O)(=O)CC1C. The number of benzene rings is 1. The molecule has 0 bridgehead atoms. The molecule has 2 atom stereocenters. The molecule has 0 spiro atoms. The number of nitrogens with one attached hydrogen (secondary N) is 1. The molecule has 1 aliphatic heterocycles. The molecule has 0 saturated carbocycles. The highest BCUT2D eigenvalue weighted by atomic mass is 79.9. The van der Waals surface area contributed by atoms with Crippen molar-refractivity contribution in [2.24, 2.45) is 5.92 Å². The molecule has 1 N–H and O–H groups in total. The minimum absolute atomic E-state index is 0.0988. The molecule has 0 fully saturated rings. The van der Waals surface area contributed by atoms with Crippen LogP contribution in [0.4, 0.5) is 0 Å². The van der Waals surface area contributed by atoms with Gasteiger partial charge in [0.2, 0.25) is 0 Å². The first-order valence-electron chi connectivity index (χ1n) is 5.71. The number of hydrogen-bond donors (Lipinski definition) is 1. The molecule has 3 nitrogen and oxygen atoms in total. The van der Waals surface area contributed by atoms with Gasteiger partial charge in [0.05, 0.1) is 10.6 Å². The van der Waals surface area contributed by atoms with E-state index in [1.807, 2.05) is 19.9 Å². The maximum Gasteiger partial charge on any atom is 0.179 e. The summed E-state index contributed by atoms with van der Waals surface area (Å²) in [5.41, 5.74) is 0.889. The molecule has 2 unspecified atom stereocenters. The lowest BCUT2D eigenvalue weighted by atomic mass is 9.95. The van der Waals surface area contributed by atoms with Gasteiger partial charge in [-0.15, -0.1) is 0 Å². The molecule has 0 saturated heterocycles. The Labute approximate surface area is 111 Å². The summed E-state index contributed by atoms with van der Waals surface area (Å²) in [6.07, 6.45) is 0. The van der Waals surface area contributed by atoms with Gasteiger partial charge in [-0.25, -0.2) is 8.42 Å². The van der Waals surface area contributed by atoms with E-state index in [1.165, 1.54) is 0 Å². The van der Waals surface area contributed by atoms with Gasteiger partial charge in [0.1, 0.15) is 0 Å². The Bertz CT molecular complexity index is 527. The van der Waals surface area contributed by atoms with E-state index in [-0.39, 0.29) is 17.7 Å². The fourth-order valence-electron chi connectivity index (χ4n) is 2.42. The molecule has 5 heteroatoms. The number of halogens is 1. The van der Waals surface area contributed by atoms with Crippen molar-refractivity contribution < 1.29 is 8.42 Å². The Hall–Kier alpha value is -0.390. The third kappa shape index (κ3) is 2.41. The standard InChI is InChI=1S/C12H16BrNO2S/c1-3-14-12-8(2)7-17(15,16)11-5-4-9(13)6-10(11)12/h4-6,8,12,14H,3,7H2,1-2H3. The molecule has 2 rings (SSSR count). The Balaban J connectivity index is 2.59. The Morgan fingerprint density at radius 1 is 1.47 bits per heavy atom. The number of rotatable bonds is 2. The molecule has 1 aliphatic rings. The second-order valence-corrected chi connectivity index (χ2v) is 7.39. The summed E-state index contributed by atoms with van der Waals surface area (Å²) in [5, 5.41) is 3.37. The van der Waals surface area contributed by atoms with Crippen LogP contribution >= 0.6 is 15.9 Å². The van der Waals surface area contributed by atoms with Crippen molar-refractivity contribution >= 4 is 25.8 Å². The van der Waals surface area contributed by atoms with Crippen LogP contribution in [-0.4, -0.2) is 20.7 Å². The molecular weight excluding hydrogens is 302 g/mol. The Kier molecular flexibility index (Phi) is 3.61. The van der Waals surface area contributed by atoms with E-state index >= 15 is 0 Å². The molecule has 0 amide bonds. The second-order valence-electron chi connectivity index (χ2n) is 4.48. The summed E-state index contributed by atoms with van der Waals surface area (Å²) in [4.78, 5) is 0.477. The zero-order valence-corrected chi connectivity index (χ0v) is 12.3. The van der Waals surface area contributed by atoms with E-state index in [9.17, 15) is 8.42 Å². The van der Waals surface area contributed by atoms with E-state index in [1.54, 1.807) is 12.1 Å². The maximum atomic E-state index is 12.1. The minimum atomic E-state index is -3.12. The summed E-state index contributed by atoms with van der Waals surface area (Å²) in [6.45, 7) is 4.85. The van der Waals surface area contributed by atoms with Gasteiger partial charge in [0, 0.05) is 10.5 Å². The zero-order chi connectivity index (χ0) is 12.6. The Morgan fingerprint density at radius 2 is 2.18 bits per heavy atom. The van der Waals surface area contributed by atoms with Crippen molar-refractivity contribution in [1.82, 2.24) is 5.32 Å². The third-order valence-electron chi connectivity index (χ3n) is 3.12. The minimum Gasteiger partial charge on any atom is -0.310 e. The highest BCUT2D eigenvalue weighted by Crippen LogP contribution is 2.37. The van der Waals surface area contributed by atoms with Crippen LogP contribution < -0.4 is 5.32 Å². The van der Waals surface area contributed by atoms with Gasteiger partial charge in [-0.2, -0.15) is 0 Å². The third-order valence-corrected chi connectivity index (χ3v) is 5.62. The first-order valence-corrected chi connectivity index (χ1v) is 8.16. The number of fused-ring (bicyclic) bond motifs is 1. The van der Waals surface area contributed by atoms with E-state index < -0.39 is 9.84 Å². The van der Waals surface area contributed by atoms with Crippen LogP contribution in [0.3, 0.4) is 0 Å². The maximum absolute atomic E-state index is 12.1. The second kappa shape index (κ2) is 4.71. The van der Waals surface area contributed by atoms with Crippen molar-refractivity contribution in [1.29, 1.82) is 0 Å². The lowest BCUT2D eigenvalue weighted by Gasteiger charge is -2.31. The lowest BCUT2D eigenvalue weighted by molar-refractivity contribution is 0.403. The monoisotopic (exact) mass is 317 g/mol. The topological polar surface area (TPSA) is 46.2 Å². The molecule has 1 aromatic carbocycles. The lowest BCUT2D eigenvalue weighted by Crippen LogP contribution is -2.36. The summed E-state index contributed by atoms with van der Waals surface area (Å²) in [6, 6.07) is 5.52. The van der Waals surface area contributed by atoms with Crippen LogP contribution in [0.25, 0.3) is 0 Å². The van der Waals surface area contributed by atoms with Crippen molar-refractivity contribution in [3.63, 3.8) is 0 Å². The Morgan fingerprint density at radius 3 is 2.82 bits per heavy atom. The average Bonchev–Trinajstić information content (AvgIpc) is 2.23. The molecular formula is C12H16BrNO2S. The van der Waals surface area contributed by atoms with Crippen molar-refractivity contribution in [2.75, 3.05) is 12.3 Å². The van der Waals surface area contributed by atoms with E-state index in [0.717, 1.165) is 16.6 Å². The quantitative estimate of drug-likeness (QED) is 0.911. The van der Waals surface area contributed by atoms with Crippen LogP contribution in [-0.2, 0) is 9.84 Å². The molecule has 1 aromatic rings. The number of sulfone groups is 1. The highest BCUT2D eigenvalue weighted by Gasteiger charge is 2.35. The summed E-state index contributed by atoms with van der Waals surface area (Å²) in [7, 11) is -3.12. The highest BCUT2D eigenvalue weighted by molar-refractivity contribution is 9.10. The van der Waals surface area contributed by atoms with E-state index in [2.05, 4.69) is 21.2 Å². The summed E-state index contributed by atoms with van der Waals surface area (Å²) in [5.74, 6) is 0.320. The summed E-state index contributed by atoms with van der Waals surface area (Å²) < 4.78 is 25.1. The molecule has 1 heterocycles. The normalized spacial score (nSPS) is 26.5. The molecule has 94 valence electrons. The van der Waals surface area contributed by atoms with Crippen molar-refractivity contribution in [3.8, 4) is 0 Å². The van der Waals surface area contributed by atoms with Crippen LogP contribution in [0.5, 0.6) is 0 Å². The van der Waals surface area contributed by atoms with Gasteiger partial charge in [0.25, 0.3) is 0 Å². The largest absolute Gasteiger partial charge is 0.310 e. The van der Waals surface area contributed by atoms with Gasteiger partial charge in [0.15, 0.2) is 9.84 Å². The summed E-state index contributed by atoms with van der Waals surface area (Å²) >= 11 is 3.40. The van der Waals surface area contributed by atoms with Crippen molar-refractivity contribution in [2.45, 2.75) is 24.8 Å². The first-order chi connectivity index (χ1) is 7.95. The average molecular weight is 318 g/mol. The van der Waals surface area contributed by atoms with Crippen LogP contribution in [0.1, 0.15) is 25.5 Å². The molecule has 0 radical (unpaired) electrons.